The number of nitrogens with zero attached hydrogens (tertiary/aromatic N) is 1. The third-order valence-electron chi connectivity index (χ3n) is 3.36. The minimum Gasteiger partial charge on any atom is -0.373 e. The Hall–Kier alpha value is -2.07. The average molecular weight is 305 g/mol. The van der Waals surface area contributed by atoms with Crippen LogP contribution in [-0.2, 0) is 0 Å². The molecule has 0 aliphatic carbocycles. The first-order chi connectivity index (χ1) is 10.0. The van der Waals surface area contributed by atoms with Crippen molar-refractivity contribution in [1.29, 1.82) is 0 Å². The summed E-state index contributed by atoms with van der Waals surface area (Å²) in [7, 11) is 0. The molecule has 4 nitrogen and oxygen atoms in total. The Morgan fingerprint density at radius 1 is 1.24 bits per heavy atom. The minimum atomic E-state index is -0.357. The molecule has 2 aromatic rings. The van der Waals surface area contributed by atoms with Crippen LogP contribution in [0, 0.1) is 17.0 Å². The van der Waals surface area contributed by atoms with Gasteiger partial charge in [-0.1, -0.05) is 36.7 Å². The zero-order chi connectivity index (χ0) is 15.4. The number of hydrogen-bond donors (Lipinski definition) is 1. The number of rotatable bonds is 5. The van der Waals surface area contributed by atoms with Gasteiger partial charge < -0.3 is 5.32 Å². The summed E-state index contributed by atoms with van der Waals surface area (Å²) < 4.78 is 0. The summed E-state index contributed by atoms with van der Waals surface area (Å²) in [5.74, 6) is 0. The molecule has 0 fully saturated rings. The van der Waals surface area contributed by atoms with Gasteiger partial charge in [0, 0.05) is 11.1 Å². The molecule has 5 heteroatoms. The van der Waals surface area contributed by atoms with Crippen LogP contribution in [0.5, 0.6) is 0 Å². The van der Waals surface area contributed by atoms with E-state index in [0.717, 1.165) is 17.5 Å². The van der Waals surface area contributed by atoms with Crippen LogP contribution in [0.1, 0.15) is 30.5 Å². The van der Waals surface area contributed by atoms with E-state index in [0.29, 0.717) is 10.7 Å². The van der Waals surface area contributed by atoms with Gasteiger partial charge in [0.25, 0.3) is 5.69 Å². The first-order valence-electron chi connectivity index (χ1n) is 6.78. The van der Waals surface area contributed by atoms with E-state index in [9.17, 15) is 10.1 Å². The highest BCUT2D eigenvalue weighted by atomic mass is 35.5. The first-order valence-corrected chi connectivity index (χ1v) is 7.16. The molecule has 2 rings (SSSR count). The van der Waals surface area contributed by atoms with E-state index in [2.05, 4.69) is 5.32 Å². The molecule has 0 aliphatic heterocycles. The second kappa shape index (κ2) is 6.59. The van der Waals surface area contributed by atoms with Gasteiger partial charge in [0.1, 0.15) is 5.69 Å². The summed E-state index contributed by atoms with van der Waals surface area (Å²) in [4.78, 5) is 10.8. The zero-order valence-corrected chi connectivity index (χ0v) is 12.7. The Morgan fingerprint density at radius 3 is 2.48 bits per heavy atom. The Kier molecular flexibility index (Phi) is 4.81. The number of benzene rings is 2. The highest BCUT2D eigenvalue weighted by Gasteiger charge is 2.17. The minimum absolute atomic E-state index is 0.00340. The molecule has 0 amide bonds. The molecule has 1 atom stereocenters. The van der Waals surface area contributed by atoms with Crippen LogP contribution in [0.2, 0.25) is 5.02 Å². The number of nitro benzene ring substituents is 1. The molecule has 0 spiro atoms. The Bertz CT molecular complexity index is 641. The number of aryl methyl sites for hydroxylation is 1. The van der Waals surface area contributed by atoms with Crippen LogP contribution >= 0.6 is 11.6 Å². The summed E-state index contributed by atoms with van der Waals surface area (Å²) >= 11 is 5.89. The SMILES string of the molecule is CCC(Nc1ccc(C)cc1[N+](=O)[O-])c1ccc(Cl)cc1. The van der Waals surface area contributed by atoms with Gasteiger partial charge in [0.05, 0.1) is 11.0 Å². The molecule has 0 aromatic heterocycles. The third kappa shape index (κ3) is 3.73. The van der Waals surface area contributed by atoms with Crippen LogP contribution in [0.3, 0.4) is 0 Å². The highest BCUT2D eigenvalue weighted by molar-refractivity contribution is 6.30. The van der Waals surface area contributed by atoms with E-state index in [-0.39, 0.29) is 16.7 Å². The Labute approximate surface area is 128 Å². The van der Waals surface area contributed by atoms with Crippen molar-refractivity contribution in [2.24, 2.45) is 0 Å². The molecule has 0 saturated heterocycles. The van der Waals surface area contributed by atoms with E-state index in [1.165, 1.54) is 0 Å². The lowest BCUT2D eigenvalue weighted by Gasteiger charge is -2.19. The van der Waals surface area contributed by atoms with Gasteiger partial charge in [0.15, 0.2) is 0 Å². The monoisotopic (exact) mass is 304 g/mol. The standard InChI is InChI=1S/C16H17ClN2O2/c1-3-14(12-5-7-13(17)8-6-12)18-15-9-4-11(2)10-16(15)19(20)21/h4-10,14,18H,3H2,1-2H3. The maximum Gasteiger partial charge on any atom is 0.292 e. The fraction of sp³-hybridized carbons (Fsp3) is 0.250. The topological polar surface area (TPSA) is 55.2 Å². The lowest BCUT2D eigenvalue weighted by atomic mass is 10.0. The average Bonchev–Trinajstić information content (AvgIpc) is 2.47. The van der Waals surface area contributed by atoms with Crippen molar-refractivity contribution >= 4 is 23.0 Å². The summed E-state index contributed by atoms with van der Waals surface area (Å²) in [6.45, 7) is 3.87. The van der Waals surface area contributed by atoms with Crippen LogP contribution < -0.4 is 5.32 Å². The molecule has 21 heavy (non-hydrogen) atoms. The number of anilines is 1. The molecule has 0 aliphatic rings. The van der Waals surface area contributed by atoms with Gasteiger partial charge in [-0.25, -0.2) is 0 Å². The summed E-state index contributed by atoms with van der Waals surface area (Å²) in [6, 6.07) is 12.7. The second-order valence-corrected chi connectivity index (χ2v) is 5.37. The predicted octanol–water partition coefficient (Wildman–Crippen LogP) is 5.12. The van der Waals surface area contributed by atoms with E-state index in [4.69, 9.17) is 11.6 Å². The van der Waals surface area contributed by atoms with Crippen LogP contribution in [-0.4, -0.2) is 4.92 Å². The molecule has 2 aromatic carbocycles. The smallest absolute Gasteiger partial charge is 0.292 e. The van der Waals surface area contributed by atoms with Crippen molar-refractivity contribution in [1.82, 2.24) is 0 Å². The quantitative estimate of drug-likeness (QED) is 0.616. The van der Waals surface area contributed by atoms with Crippen molar-refractivity contribution in [2.45, 2.75) is 26.3 Å². The van der Waals surface area contributed by atoms with Crippen molar-refractivity contribution < 1.29 is 4.92 Å². The van der Waals surface area contributed by atoms with Gasteiger partial charge >= 0.3 is 0 Å². The lowest BCUT2D eigenvalue weighted by molar-refractivity contribution is -0.384. The normalized spacial score (nSPS) is 12.0. The zero-order valence-electron chi connectivity index (χ0n) is 12.0. The number of nitrogens with one attached hydrogen (secondary N) is 1. The van der Waals surface area contributed by atoms with Crippen molar-refractivity contribution in [3.8, 4) is 0 Å². The molecule has 110 valence electrons. The predicted molar refractivity (Wildman–Crippen MR) is 85.9 cm³/mol. The van der Waals surface area contributed by atoms with Gasteiger partial charge in [-0.05, 0) is 42.7 Å². The number of halogens is 1. The molecule has 1 N–H and O–H groups in total. The summed E-state index contributed by atoms with van der Waals surface area (Å²) in [6.07, 6.45) is 0.812. The van der Waals surface area contributed by atoms with Crippen molar-refractivity contribution in [2.75, 3.05) is 5.32 Å². The third-order valence-corrected chi connectivity index (χ3v) is 3.61. The second-order valence-electron chi connectivity index (χ2n) is 4.93. The fourth-order valence-corrected chi connectivity index (χ4v) is 2.34. The van der Waals surface area contributed by atoms with E-state index < -0.39 is 0 Å². The number of nitro groups is 1. The summed E-state index contributed by atoms with van der Waals surface area (Å²) in [5.41, 5.74) is 2.55. The molecule has 0 radical (unpaired) electrons. The van der Waals surface area contributed by atoms with Gasteiger partial charge in [0.2, 0.25) is 0 Å². The largest absolute Gasteiger partial charge is 0.373 e. The van der Waals surface area contributed by atoms with E-state index in [1.807, 2.05) is 44.2 Å². The molecular formula is C16H17ClN2O2. The molecule has 0 heterocycles. The van der Waals surface area contributed by atoms with Gasteiger partial charge in [-0.15, -0.1) is 0 Å². The lowest BCUT2D eigenvalue weighted by Crippen LogP contribution is -2.11. The van der Waals surface area contributed by atoms with Crippen LogP contribution in [0.25, 0.3) is 0 Å². The number of hydrogen-bond acceptors (Lipinski definition) is 3. The maximum atomic E-state index is 11.2. The van der Waals surface area contributed by atoms with Crippen molar-refractivity contribution in [3.05, 3.63) is 68.7 Å². The molecular weight excluding hydrogens is 288 g/mol. The maximum absolute atomic E-state index is 11.2. The van der Waals surface area contributed by atoms with Gasteiger partial charge in [-0.3, -0.25) is 10.1 Å². The van der Waals surface area contributed by atoms with Crippen LogP contribution in [0.4, 0.5) is 11.4 Å². The Balaban J connectivity index is 2.30. The molecule has 1 unspecified atom stereocenters. The Morgan fingerprint density at radius 2 is 1.90 bits per heavy atom. The van der Waals surface area contributed by atoms with E-state index in [1.54, 1.807) is 12.1 Å². The van der Waals surface area contributed by atoms with E-state index >= 15 is 0 Å². The molecule has 0 saturated carbocycles. The summed E-state index contributed by atoms with van der Waals surface area (Å²) in [5, 5.41) is 15.1. The van der Waals surface area contributed by atoms with Crippen LogP contribution in [0.15, 0.2) is 42.5 Å². The van der Waals surface area contributed by atoms with Gasteiger partial charge in [-0.2, -0.15) is 0 Å². The first kappa shape index (κ1) is 15.3. The van der Waals surface area contributed by atoms with Crippen molar-refractivity contribution in [3.63, 3.8) is 0 Å². The highest BCUT2D eigenvalue weighted by Crippen LogP contribution is 2.30. The molecule has 0 bridgehead atoms. The fourth-order valence-electron chi connectivity index (χ4n) is 2.22.